The summed E-state index contributed by atoms with van der Waals surface area (Å²) in [6.45, 7) is 6.57. The Balaban J connectivity index is 3.52. The molecule has 40 heavy (non-hydrogen) atoms. The molecule has 5 atom stereocenters. The van der Waals surface area contributed by atoms with Crippen LogP contribution in [0.25, 0.3) is 0 Å². The van der Waals surface area contributed by atoms with Crippen molar-refractivity contribution in [1.29, 1.82) is 0 Å². The second-order valence-electron chi connectivity index (χ2n) is 8.88. The summed E-state index contributed by atoms with van der Waals surface area (Å²) in [5, 5.41) is 0. The smallest absolute Gasteiger partial charge is 0.333 e. The first-order valence-electron chi connectivity index (χ1n) is 13.5. The van der Waals surface area contributed by atoms with E-state index in [9.17, 15) is 28.8 Å². The van der Waals surface area contributed by atoms with Crippen molar-refractivity contribution in [3.63, 3.8) is 0 Å². The summed E-state index contributed by atoms with van der Waals surface area (Å²) in [6.07, 6.45) is -3.90. The molecule has 0 spiro atoms. The summed E-state index contributed by atoms with van der Waals surface area (Å²) in [7, 11) is 1.12. The zero-order chi connectivity index (χ0) is 30.1. The van der Waals surface area contributed by atoms with E-state index in [4.69, 9.17) is 28.4 Å². The van der Waals surface area contributed by atoms with Crippen molar-refractivity contribution < 1.29 is 61.9 Å². The van der Waals surface area contributed by atoms with Crippen LogP contribution in [0.5, 0.6) is 0 Å². The van der Waals surface area contributed by atoms with Crippen molar-refractivity contribution in [2.24, 2.45) is 0 Å². The van der Waals surface area contributed by atoms with E-state index in [1.165, 1.54) is 0 Å². The Bertz CT molecular complexity index is 897. The van der Waals surface area contributed by atoms with E-state index >= 15 is 0 Å². The van der Waals surface area contributed by atoms with Gasteiger partial charge in [-0.15, -0.1) is 0 Å². The van der Waals surface area contributed by atoms with Gasteiger partial charge in [0.05, 0.1) is 7.11 Å². The molecule has 1 heterocycles. The first-order valence-corrected chi connectivity index (χ1v) is 13.5. The van der Waals surface area contributed by atoms with Crippen LogP contribution in [-0.2, 0) is 61.9 Å². The van der Waals surface area contributed by atoms with Gasteiger partial charge in [-0.05, 0) is 25.7 Å². The Labute approximate surface area is 233 Å². The lowest BCUT2D eigenvalue weighted by Crippen LogP contribution is -2.63. The van der Waals surface area contributed by atoms with Crippen LogP contribution in [0, 0.1) is 0 Å². The van der Waals surface area contributed by atoms with Crippen LogP contribution in [0.4, 0.5) is 0 Å². The minimum Gasteiger partial charge on any atom is -0.466 e. The van der Waals surface area contributed by atoms with Gasteiger partial charge < -0.3 is 33.2 Å². The standard InChI is InChI=1S/C27H40O13/c1-6-10-19(29)35-16-17-24(37-20(30)11-7-2)25(38-21(31)12-8-3)26(39-22(32)13-9-4)27(36-17)40-23(33)15-14-18(28)34-5/h14-15,17,24-27H,6-13,16H2,1-5H3/b15-14+/t17-,24+,25+,26-,27+/m1/s1. The Kier molecular flexibility index (Phi) is 16.2. The minimum absolute atomic E-state index is 0.00885. The predicted molar refractivity (Wildman–Crippen MR) is 136 cm³/mol. The predicted octanol–water partition coefficient (Wildman–Crippen LogP) is 2.46. The molecule has 0 aromatic heterocycles. The normalized spacial score (nSPS) is 22.2. The van der Waals surface area contributed by atoms with Crippen LogP contribution in [0.2, 0.25) is 0 Å². The molecule has 0 bridgehead atoms. The molecule has 0 aromatic carbocycles. The quantitative estimate of drug-likeness (QED) is 0.150. The zero-order valence-electron chi connectivity index (χ0n) is 23.7. The van der Waals surface area contributed by atoms with Crippen LogP contribution in [0.3, 0.4) is 0 Å². The molecule has 0 amide bonds. The third kappa shape index (κ3) is 12.1. The Morgan fingerprint density at radius 1 is 0.600 bits per heavy atom. The molecule has 226 valence electrons. The average molecular weight is 573 g/mol. The summed E-state index contributed by atoms with van der Waals surface area (Å²) in [5.74, 6) is -4.54. The SMILES string of the molecule is CCCC(=O)OC[C@H]1O[C@@H](OC(=O)/C=C/C(=O)OC)[C@H](OC(=O)CCC)[C@@H](OC(=O)CCC)[C@H]1OC(=O)CCC. The zero-order valence-corrected chi connectivity index (χ0v) is 23.7. The average Bonchev–Trinajstić information content (AvgIpc) is 2.90. The van der Waals surface area contributed by atoms with Crippen LogP contribution < -0.4 is 0 Å². The first-order chi connectivity index (χ1) is 19.1. The number of carbonyl (C=O) groups is 6. The number of hydrogen-bond acceptors (Lipinski definition) is 13. The summed E-state index contributed by atoms with van der Waals surface area (Å²) in [6, 6.07) is 0. The summed E-state index contributed by atoms with van der Waals surface area (Å²) >= 11 is 0. The van der Waals surface area contributed by atoms with E-state index in [-0.39, 0.29) is 25.7 Å². The molecule has 1 aliphatic rings. The molecule has 0 aliphatic carbocycles. The second kappa shape index (κ2) is 18.7. The Hall–Kier alpha value is -3.48. The van der Waals surface area contributed by atoms with Gasteiger partial charge in [-0.3, -0.25) is 19.2 Å². The van der Waals surface area contributed by atoms with Crippen molar-refractivity contribution in [2.45, 2.75) is 110 Å². The molecular weight excluding hydrogens is 532 g/mol. The van der Waals surface area contributed by atoms with Crippen LogP contribution in [0.15, 0.2) is 12.2 Å². The lowest BCUT2D eigenvalue weighted by atomic mass is 9.97. The molecular formula is C27H40O13. The monoisotopic (exact) mass is 572 g/mol. The van der Waals surface area contributed by atoms with Gasteiger partial charge in [-0.1, -0.05) is 27.7 Å². The maximum absolute atomic E-state index is 12.6. The van der Waals surface area contributed by atoms with Gasteiger partial charge in [0.15, 0.2) is 12.2 Å². The van der Waals surface area contributed by atoms with Crippen molar-refractivity contribution in [2.75, 3.05) is 13.7 Å². The largest absolute Gasteiger partial charge is 0.466 e. The molecule has 0 radical (unpaired) electrons. The van der Waals surface area contributed by atoms with Gasteiger partial charge in [0.25, 0.3) is 0 Å². The van der Waals surface area contributed by atoms with Crippen molar-refractivity contribution in [1.82, 2.24) is 0 Å². The summed E-state index contributed by atoms with van der Waals surface area (Å²) < 4.78 is 37.7. The molecule has 0 unspecified atom stereocenters. The van der Waals surface area contributed by atoms with Gasteiger partial charge in [-0.25, -0.2) is 9.59 Å². The lowest BCUT2D eigenvalue weighted by Gasteiger charge is -2.43. The van der Waals surface area contributed by atoms with Gasteiger partial charge >= 0.3 is 35.8 Å². The van der Waals surface area contributed by atoms with E-state index in [1.807, 2.05) is 0 Å². The summed E-state index contributed by atoms with van der Waals surface area (Å²) in [4.78, 5) is 73.7. The number of carbonyl (C=O) groups excluding carboxylic acids is 6. The van der Waals surface area contributed by atoms with Crippen LogP contribution >= 0.6 is 0 Å². The third-order valence-electron chi connectivity index (χ3n) is 5.41. The second-order valence-corrected chi connectivity index (χ2v) is 8.88. The number of esters is 6. The molecule has 1 fully saturated rings. The Morgan fingerprint density at radius 3 is 1.55 bits per heavy atom. The highest BCUT2D eigenvalue weighted by Gasteiger charge is 2.54. The topological polar surface area (TPSA) is 167 Å². The molecule has 1 rings (SSSR count). The van der Waals surface area contributed by atoms with E-state index in [2.05, 4.69) is 4.74 Å². The lowest BCUT2D eigenvalue weighted by molar-refractivity contribution is -0.300. The number of hydrogen-bond donors (Lipinski definition) is 0. The summed E-state index contributed by atoms with van der Waals surface area (Å²) in [5.41, 5.74) is 0. The maximum atomic E-state index is 12.6. The molecule has 13 nitrogen and oxygen atoms in total. The highest BCUT2D eigenvalue weighted by Crippen LogP contribution is 2.31. The molecule has 1 aliphatic heterocycles. The number of methoxy groups -OCH3 is 1. The van der Waals surface area contributed by atoms with E-state index < -0.39 is 73.1 Å². The highest BCUT2D eigenvalue weighted by molar-refractivity contribution is 5.91. The fourth-order valence-corrected chi connectivity index (χ4v) is 3.56. The highest BCUT2D eigenvalue weighted by atomic mass is 16.7. The number of ether oxygens (including phenoxy) is 7. The fraction of sp³-hybridized carbons (Fsp3) is 0.704. The molecule has 0 saturated carbocycles. The van der Waals surface area contributed by atoms with E-state index in [1.54, 1.807) is 27.7 Å². The van der Waals surface area contributed by atoms with Gasteiger partial charge in [0, 0.05) is 37.8 Å². The van der Waals surface area contributed by atoms with Crippen molar-refractivity contribution >= 4 is 35.8 Å². The van der Waals surface area contributed by atoms with Crippen LogP contribution in [0.1, 0.15) is 79.1 Å². The van der Waals surface area contributed by atoms with Crippen molar-refractivity contribution in [3.05, 3.63) is 12.2 Å². The Morgan fingerprint density at radius 2 is 1.05 bits per heavy atom. The van der Waals surface area contributed by atoms with Gasteiger partial charge in [-0.2, -0.15) is 0 Å². The first kappa shape index (κ1) is 34.5. The van der Waals surface area contributed by atoms with Gasteiger partial charge in [0.1, 0.15) is 12.7 Å². The molecule has 0 N–H and O–H groups in total. The fourth-order valence-electron chi connectivity index (χ4n) is 3.56. The van der Waals surface area contributed by atoms with Crippen LogP contribution in [-0.4, -0.2) is 80.2 Å². The third-order valence-corrected chi connectivity index (χ3v) is 5.41. The van der Waals surface area contributed by atoms with Crippen molar-refractivity contribution in [3.8, 4) is 0 Å². The van der Waals surface area contributed by atoms with E-state index in [0.717, 1.165) is 19.3 Å². The van der Waals surface area contributed by atoms with Gasteiger partial charge in [0.2, 0.25) is 12.4 Å². The maximum Gasteiger partial charge on any atom is 0.333 e. The minimum atomic E-state index is -1.69. The van der Waals surface area contributed by atoms with E-state index in [0.29, 0.717) is 25.7 Å². The molecule has 13 heteroatoms. The number of rotatable bonds is 16. The molecule has 0 aromatic rings. The molecule has 1 saturated heterocycles.